The van der Waals surface area contributed by atoms with E-state index in [1.165, 1.54) is 15.8 Å². The van der Waals surface area contributed by atoms with Crippen molar-refractivity contribution in [2.45, 2.75) is 26.8 Å². The fourth-order valence-corrected chi connectivity index (χ4v) is 3.42. The molecule has 1 aromatic heterocycles. The average Bonchev–Trinajstić information content (AvgIpc) is 2.64. The SMILES string of the molecule is CCCNCC(C)CN(C)Cc1cc(Br)cs1. The fraction of sp³-hybridized carbons (Fsp3) is 0.692. The second-order valence-corrected chi connectivity index (χ2v) is 6.65. The Morgan fingerprint density at radius 1 is 1.53 bits per heavy atom. The number of thiophene rings is 1. The van der Waals surface area contributed by atoms with Crippen LogP contribution in [0.1, 0.15) is 25.1 Å². The largest absolute Gasteiger partial charge is 0.316 e. The van der Waals surface area contributed by atoms with Gasteiger partial charge in [0.2, 0.25) is 0 Å². The van der Waals surface area contributed by atoms with Gasteiger partial charge in [-0.05, 0) is 54.5 Å². The molecule has 1 rings (SSSR count). The van der Waals surface area contributed by atoms with Gasteiger partial charge in [0.25, 0.3) is 0 Å². The first kappa shape index (κ1) is 15.2. The van der Waals surface area contributed by atoms with Crippen molar-refractivity contribution in [3.63, 3.8) is 0 Å². The van der Waals surface area contributed by atoms with Gasteiger partial charge in [-0.25, -0.2) is 0 Å². The predicted octanol–water partition coefficient (Wildman–Crippen LogP) is 3.58. The van der Waals surface area contributed by atoms with E-state index in [-0.39, 0.29) is 0 Å². The Labute approximate surface area is 118 Å². The zero-order chi connectivity index (χ0) is 12.7. The Hall–Kier alpha value is 0.1000. The first-order valence-electron chi connectivity index (χ1n) is 6.24. The summed E-state index contributed by atoms with van der Waals surface area (Å²) in [6.07, 6.45) is 1.21. The van der Waals surface area contributed by atoms with Crippen LogP contribution >= 0.6 is 27.3 Å². The Morgan fingerprint density at radius 2 is 2.29 bits per heavy atom. The maximum Gasteiger partial charge on any atom is 0.0325 e. The molecule has 0 aliphatic carbocycles. The molecule has 4 heteroatoms. The third kappa shape index (κ3) is 6.55. The van der Waals surface area contributed by atoms with E-state index in [4.69, 9.17) is 0 Å². The molecule has 0 saturated heterocycles. The van der Waals surface area contributed by atoms with Crippen LogP contribution in [0.2, 0.25) is 0 Å². The van der Waals surface area contributed by atoms with Gasteiger partial charge in [0.05, 0.1) is 0 Å². The summed E-state index contributed by atoms with van der Waals surface area (Å²) in [5.41, 5.74) is 0. The lowest BCUT2D eigenvalue weighted by molar-refractivity contribution is 0.276. The van der Waals surface area contributed by atoms with Crippen LogP contribution in [-0.2, 0) is 6.54 Å². The first-order valence-corrected chi connectivity index (χ1v) is 7.91. The molecule has 2 nitrogen and oxygen atoms in total. The van der Waals surface area contributed by atoms with Crippen molar-refractivity contribution in [3.05, 3.63) is 20.8 Å². The van der Waals surface area contributed by atoms with Crippen LogP contribution in [0.4, 0.5) is 0 Å². The van der Waals surface area contributed by atoms with Gasteiger partial charge >= 0.3 is 0 Å². The average molecular weight is 319 g/mol. The van der Waals surface area contributed by atoms with E-state index >= 15 is 0 Å². The van der Waals surface area contributed by atoms with Crippen LogP contribution in [0.3, 0.4) is 0 Å². The van der Waals surface area contributed by atoms with Crippen molar-refractivity contribution in [1.29, 1.82) is 0 Å². The lowest BCUT2D eigenvalue weighted by atomic mass is 10.1. The molecule has 0 fully saturated rings. The third-order valence-electron chi connectivity index (χ3n) is 2.59. The highest BCUT2D eigenvalue weighted by molar-refractivity contribution is 9.10. The quantitative estimate of drug-likeness (QED) is 0.737. The Balaban J connectivity index is 2.21. The van der Waals surface area contributed by atoms with Gasteiger partial charge in [-0.2, -0.15) is 0 Å². The molecule has 0 bridgehead atoms. The number of nitrogens with one attached hydrogen (secondary N) is 1. The molecular weight excluding hydrogens is 296 g/mol. The number of nitrogens with zero attached hydrogens (tertiary/aromatic N) is 1. The smallest absolute Gasteiger partial charge is 0.0325 e. The Bertz CT molecular complexity index is 314. The first-order chi connectivity index (χ1) is 8.11. The van der Waals surface area contributed by atoms with Gasteiger partial charge in [-0.1, -0.05) is 13.8 Å². The van der Waals surface area contributed by atoms with Gasteiger partial charge in [-0.3, -0.25) is 0 Å². The molecular formula is C13H23BrN2S. The highest BCUT2D eigenvalue weighted by Gasteiger charge is 2.07. The molecule has 0 radical (unpaired) electrons. The van der Waals surface area contributed by atoms with Gasteiger partial charge in [0.15, 0.2) is 0 Å². The molecule has 98 valence electrons. The maximum atomic E-state index is 3.50. The summed E-state index contributed by atoms with van der Waals surface area (Å²) in [6, 6.07) is 2.21. The summed E-state index contributed by atoms with van der Waals surface area (Å²) in [6.45, 7) is 8.96. The molecule has 0 spiro atoms. The number of halogens is 1. The van der Waals surface area contributed by atoms with Gasteiger partial charge < -0.3 is 10.2 Å². The molecule has 1 N–H and O–H groups in total. The van der Waals surface area contributed by atoms with Crippen molar-refractivity contribution >= 4 is 27.3 Å². The molecule has 0 saturated carbocycles. The number of hydrogen-bond donors (Lipinski definition) is 1. The summed E-state index contributed by atoms with van der Waals surface area (Å²) in [5.74, 6) is 0.704. The Kier molecular flexibility index (Phi) is 7.35. The van der Waals surface area contributed by atoms with Gasteiger partial charge in [0.1, 0.15) is 0 Å². The van der Waals surface area contributed by atoms with E-state index in [0.717, 1.165) is 26.2 Å². The minimum Gasteiger partial charge on any atom is -0.316 e. The third-order valence-corrected chi connectivity index (χ3v) is 4.27. The Morgan fingerprint density at radius 3 is 2.88 bits per heavy atom. The second kappa shape index (κ2) is 8.25. The van der Waals surface area contributed by atoms with Crippen LogP contribution < -0.4 is 5.32 Å². The molecule has 0 amide bonds. The van der Waals surface area contributed by atoms with E-state index in [2.05, 4.69) is 58.5 Å². The van der Waals surface area contributed by atoms with Gasteiger partial charge in [0, 0.05) is 27.8 Å². The topological polar surface area (TPSA) is 15.3 Å². The lowest BCUT2D eigenvalue weighted by Crippen LogP contribution is -2.30. The summed E-state index contributed by atoms with van der Waals surface area (Å²) in [4.78, 5) is 3.82. The van der Waals surface area contributed by atoms with Gasteiger partial charge in [-0.15, -0.1) is 11.3 Å². The van der Waals surface area contributed by atoms with Crippen LogP contribution in [0.15, 0.2) is 15.9 Å². The lowest BCUT2D eigenvalue weighted by Gasteiger charge is -2.21. The van der Waals surface area contributed by atoms with E-state index in [1.807, 2.05) is 11.3 Å². The monoisotopic (exact) mass is 318 g/mol. The summed E-state index contributed by atoms with van der Waals surface area (Å²) < 4.78 is 1.20. The molecule has 1 atom stereocenters. The van der Waals surface area contributed by atoms with Crippen LogP contribution in [0.5, 0.6) is 0 Å². The zero-order valence-electron chi connectivity index (χ0n) is 11.0. The number of hydrogen-bond acceptors (Lipinski definition) is 3. The molecule has 1 aromatic rings. The second-order valence-electron chi connectivity index (χ2n) is 4.74. The van der Waals surface area contributed by atoms with Crippen LogP contribution in [0, 0.1) is 5.92 Å². The standard InChI is InChI=1S/C13H23BrN2S/c1-4-5-15-7-11(2)8-16(3)9-13-6-12(14)10-17-13/h6,10-11,15H,4-5,7-9H2,1-3H3. The minimum atomic E-state index is 0.704. The van der Waals surface area contributed by atoms with Crippen molar-refractivity contribution in [3.8, 4) is 0 Å². The molecule has 0 aromatic carbocycles. The molecule has 17 heavy (non-hydrogen) atoms. The molecule has 1 unspecified atom stereocenters. The summed E-state index contributed by atoms with van der Waals surface area (Å²) in [5, 5.41) is 5.62. The summed E-state index contributed by atoms with van der Waals surface area (Å²) in [7, 11) is 2.20. The van der Waals surface area contributed by atoms with E-state index < -0.39 is 0 Å². The predicted molar refractivity (Wildman–Crippen MR) is 80.7 cm³/mol. The molecule has 0 aliphatic rings. The highest BCUT2D eigenvalue weighted by Crippen LogP contribution is 2.20. The maximum absolute atomic E-state index is 3.50. The minimum absolute atomic E-state index is 0.704. The van der Waals surface area contributed by atoms with Crippen molar-refractivity contribution in [2.24, 2.45) is 5.92 Å². The molecule has 0 aliphatic heterocycles. The van der Waals surface area contributed by atoms with E-state index in [1.54, 1.807) is 0 Å². The van der Waals surface area contributed by atoms with Crippen molar-refractivity contribution < 1.29 is 0 Å². The highest BCUT2D eigenvalue weighted by atomic mass is 79.9. The normalized spacial score (nSPS) is 13.2. The fourth-order valence-electron chi connectivity index (χ4n) is 1.89. The van der Waals surface area contributed by atoms with Crippen LogP contribution in [0.25, 0.3) is 0 Å². The van der Waals surface area contributed by atoms with Crippen molar-refractivity contribution in [2.75, 3.05) is 26.7 Å². The van der Waals surface area contributed by atoms with E-state index in [0.29, 0.717) is 5.92 Å². The van der Waals surface area contributed by atoms with Crippen molar-refractivity contribution in [1.82, 2.24) is 10.2 Å². The summed E-state index contributed by atoms with van der Waals surface area (Å²) >= 11 is 5.32. The molecule has 1 heterocycles. The van der Waals surface area contributed by atoms with E-state index in [9.17, 15) is 0 Å². The van der Waals surface area contributed by atoms with Crippen LogP contribution in [-0.4, -0.2) is 31.6 Å². The number of rotatable bonds is 8. The zero-order valence-corrected chi connectivity index (χ0v) is 13.4.